The molecule has 3 fully saturated rings. The molecule has 1 aliphatic heterocycles. The van der Waals surface area contributed by atoms with Crippen molar-refractivity contribution in [2.75, 3.05) is 5.75 Å². The van der Waals surface area contributed by atoms with Crippen molar-refractivity contribution in [3.05, 3.63) is 24.2 Å². The van der Waals surface area contributed by atoms with Crippen molar-refractivity contribution in [1.82, 2.24) is 4.31 Å². The zero-order valence-corrected chi connectivity index (χ0v) is 14.6. The molecule has 1 saturated heterocycles. The van der Waals surface area contributed by atoms with Crippen LogP contribution in [-0.2, 0) is 14.8 Å². The van der Waals surface area contributed by atoms with Crippen molar-refractivity contribution in [2.24, 2.45) is 16.7 Å². The van der Waals surface area contributed by atoms with E-state index in [0.717, 1.165) is 19.3 Å². The van der Waals surface area contributed by atoms with Crippen LogP contribution in [-0.4, -0.2) is 30.4 Å². The van der Waals surface area contributed by atoms with E-state index in [1.165, 1.54) is 10.6 Å². The number of furan rings is 1. The molecule has 5 nitrogen and oxygen atoms in total. The fourth-order valence-corrected chi connectivity index (χ4v) is 8.04. The molecule has 0 radical (unpaired) electrons. The number of rotatable bonds is 2. The Morgan fingerprint density at radius 3 is 2.78 bits per heavy atom. The van der Waals surface area contributed by atoms with Gasteiger partial charge in [0.2, 0.25) is 15.9 Å². The summed E-state index contributed by atoms with van der Waals surface area (Å²) in [4.78, 5) is 13.0. The predicted molar refractivity (Wildman–Crippen MR) is 85.1 cm³/mol. The van der Waals surface area contributed by atoms with Gasteiger partial charge in [-0.3, -0.25) is 4.79 Å². The van der Waals surface area contributed by atoms with Crippen LogP contribution in [0.1, 0.15) is 51.7 Å². The first-order chi connectivity index (χ1) is 10.7. The van der Waals surface area contributed by atoms with E-state index < -0.39 is 15.9 Å². The van der Waals surface area contributed by atoms with Crippen molar-refractivity contribution in [3.8, 4) is 0 Å². The molecule has 4 rings (SSSR count). The summed E-state index contributed by atoms with van der Waals surface area (Å²) < 4.78 is 32.2. The van der Waals surface area contributed by atoms with Crippen LogP contribution >= 0.6 is 0 Å². The minimum Gasteiger partial charge on any atom is -0.469 e. The quantitative estimate of drug-likeness (QED) is 0.832. The van der Waals surface area contributed by atoms with Crippen molar-refractivity contribution >= 4 is 15.9 Å². The van der Waals surface area contributed by atoms with Gasteiger partial charge in [0.1, 0.15) is 5.76 Å². The zero-order valence-electron chi connectivity index (χ0n) is 13.8. The molecule has 0 aromatic carbocycles. The van der Waals surface area contributed by atoms with Crippen LogP contribution in [0.4, 0.5) is 0 Å². The zero-order chi connectivity index (χ0) is 16.6. The highest BCUT2D eigenvalue weighted by molar-refractivity contribution is 7.90. The monoisotopic (exact) mass is 337 g/mol. The van der Waals surface area contributed by atoms with Crippen LogP contribution in [0.2, 0.25) is 0 Å². The molecule has 1 aromatic heterocycles. The Kier molecular flexibility index (Phi) is 2.92. The van der Waals surface area contributed by atoms with E-state index in [1.807, 2.05) is 0 Å². The van der Waals surface area contributed by atoms with E-state index in [1.54, 1.807) is 19.1 Å². The Labute approximate surface area is 137 Å². The molecule has 2 aliphatic carbocycles. The largest absolute Gasteiger partial charge is 0.469 e. The molecule has 2 saturated carbocycles. The maximum atomic E-state index is 13.0. The van der Waals surface area contributed by atoms with Gasteiger partial charge in [0, 0.05) is 5.41 Å². The standard InChI is InChI=1S/C17H23NO4S/c1-11(13-5-4-8-22-13)15(19)18-14-9-12-6-7-17(14,16(12,2)3)10-23(18,20)21/h4-5,8,11-12,14H,6-7,9-10H2,1-3H3/t11-,12-,14-,17-/m1/s1. The molecule has 0 unspecified atom stereocenters. The van der Waals surface area contributed by atoms with E-state index in [2.05, 4.69) is 13.8 Å². The number of hydrogen-bond donors (Lipinski definition) is 0. The fourth-order valence-electron chi connectivity index (χ4n) is 5.43. The number of nitrogens with zero attached hydrogens (tertiary/aromatic N) is 1. The average molecular weight is 337 g/mol. The summed E-state index contributed by atoms with van der Waals surface area (Å²) in [6.45, 7) is 6.09. The van der Waals surface area contributed by atoms with E-state index in [4.69, 9.17) is 4.42 Å². The first kappa shape index (κ1) is 15.2. The maximum Gasteiger partial charge on any atom is 0.246 e. The average Bonchev–Trinajstić information content (AvgIpc) is 3.16. The lowest BCUT2D eigenvalue weighted by atomic mass is 9.69. The lowest BCUT2D eigenvalue weighted by molar-refractivity contribution is -0.130. The van der Waals surface area contributed by atoms with Gasteiger partial charge in [-0.05, 0) is 49.7 Å². The molecule has 1 aromatic rings. The van der Waals surface area contributed by atoms with Gasteiger partial charge in [0.25, 0.3) is 0 Å². The van der Waals surface area contributed by atoms with Gasteiger partial charge >= 0.3 is 0 Å². The third-order valence-electron chi connectivity index (χ3n) is 6.97. The van der Waals surface area contributed by atoms with Gasteiger partial charge in [-0.2, -0.15) is 0 Å². The first-order valence-electron chi connectivity index (χ1n) is 8.30. The summed E-state index contributed by atoms with van der Waals surface area (Å²) in [5.41, 5.74) is -0.289. The van der Waals surface area contributed by atoms with Gasteiger partial charge in [-0.15, -0.1) is 0 Å². The highest BCUT2D eigenvalue weighted by Crippen LogP contribution is 2.70. The smallest absolute Gasteiger partial charge is 0.246 e. The second kappa shape index (κ2) is 4.41. The molecule has 2 bridgehead atoms. The summed E-state index contributed by atoms with van der Waals surface area (Å²) in [5.74, 6) is 0.234. The van der Waals surface area contributed by atoms with E-state index in [0.29, 0.717) is 11.7 Å². The third-order valence-corrected chi connectivity index (χ3v) is 8.88. The first-order valence-corrected chi connectivity index (χ1v) is 9.91. The van der Waals surface area contributed by atoms with Crippen LogP contribution < -0.4 is 0 Å². The minimum atomic E-state index is -3.55. The normalized spacial score (nSPS) is 37.8. The Morgan fingerprint density at radius 1 is 1.43 bits per heavy atom. The topological polar surface area (TPSA) is 67.6 Å². The molecular weight excluding hydrogens is 314 g/mol. The molecule has 23 heavy (non-hydrogen) atoms. The van der Waals surface area contributed by atoms with Crippen molar-refractivity contribution in [1.29, 1.82) is 0 Å². The molecule has 4 atom stereocenters. The van der Waals surface area contributed by atoms with Crippen LogP contribution in [0.25, 0.3) is 0 Å². The molecule has 126 valence electrons. The predicted octanol–water partition coefficient (Wildman–Crippen LogP) is 2.75. The number of carbonyl (C=O) groups excluding carboxylic acids is 1. The highest BCUT2D eigenvalue weighted by atomic mass is 32.2. The van der Waals surface area contributed by atoms with Crippen LogP contribution in [0.3, 0.4) is 0 Å². The fraction of sp³-hybridized carbons (Fsp3) is 0.706. The van der Waals surface area contributed by atoms with Gasteiger partial charge in [0.15, 0.2) is 0 Å². The van der Waals surface area contributed by atoms with Crippen LogP contribution in [0.15, 0.2) is 22.8 Å². The molecular formula is C17H23NO4S. The number of carbonyl (C=O) groups is 1. The van der Waals surface area contributed by atoms with Crippen LogP contribution in [0, 0.1) is 16.7 Å². The van der Waals surface area contributed by atoms with E-state index in [-0.39, 0.29) is 28.5 Å². The summed E-state index contributed by atoms with van der Waals surface area (Å²) in [6.07, 6.45) is 4.31. The maximum absolute atomic E-state index is 13.0. The van der Waals surface area contributed by atoms with Gasteiger partial charge in [-0.25, -0.2) is 12.7 Å². The highest BCUT2D eigenvalue weighted by Gasteiger charge is 2.72. The third kappa shape index (κ3) is 1.73. The van der Waals surface area contributed by atoms with Gasteiger partial charge < -0.3 is 4.42 Å². The molecule has 0 N–H and O–H groups in total. The molecule has 3 aliphatic rings. The minimum absolute atomic E-state index is 0.0202. The van der Waals surface area contributed by atoms with Crippen LogP contribution in [0.5, 0.6) is 0 Å². The number of fused-ring (bicyclic) bond motifs is 1. The molecule has 1 amide bonds. The lowest BCUT2D eigenvalue weighted by Gasteiger charge is -2.37. The summed E-state index contributed by atoms with van der Waals surface area (Å²) in [6, 6.07) is 3.28. The summed E-state index contributed by atoms with van der Waals surface area (Å²) in [7, 11) is -3.55. The summed E-state index contributed by atoms with van der Waals surface area (Å²) >= 11 is 0. The lowest BCUT2D eigenvalue weighted by Crippen LogP contribution is -2.45. The van der Waals surface area contributed by atoms with E-state index in [9.17, 15) is 13.2 Å². The summed E-state index contributed by atoms with van der Waals surface area (Å²) in [5, 5.41) is 0. The van der Waals surface area contributed by atoms with Crippen molar-refractivity contribution in [3.63, 3.8) is 0 Å². The Hall–Kier alpha value is -1.30. The SMILES string of the molecule is C[C@@H](C(=O)N1[C@@H]2C[C@H]3CC[C@]2(CS1(=O)=O)C3(C)C)c1ccco1. The van der Waals surface area contributed by atoms with Gasteiger partial charge in [0.05, 0.1) is 24.0 Å². The number of amides is 1. The Bertz CT molecular complexity index is 752. The number of sulfonamides is 1. The second-order valence-corrected chi connectivity index (χ2v) is 9.84. The van der Waals surface area contributed by atoms with Gasteiger partial charge in [-0.1, -0.05) is 13.8 Å². The molecule has 1 spiro atoms. The number of hydrogen-bond acceptors (Lipinski definition) is 4. The second-order valence-electron chi connectivity index (χ2n) is 7.99. The molecule has 6 heteroatoms. The Morgan fingerprint density at radius 2 is 2.17 bits per heavy atom. The Balaban J connectivity index is 1.74. The van der Waals surface area contributed by atoms with Crippen molar-refractivity contribution < 1.29 is 17.6 Å². The molecule has 2 heterocycles. The van der Waals surface area contributed by atoms with Crippen molar-refractivity contribution in [2.45, 2.75) is 52.0 Å². The van der Waals surface area contributed by atoms with E-state index >= 15 is 0 Å².